The van der Waals surface area contributed by atoms with Crippen LogP contribution in [0.25, 0.3) is 0 Å². The molecule has 1 heterocycles. The zero-order chi connectivity index (χ0) is 9.68. The van der Waals surface area contributed by atoms with E-state index in [1.165, 1.54) is 0 Å². The van der Waals surface area contributed by atoms with Gasteiger partial charge in [-0.2, -0.15) is 11.8 Å². The lowest BCUT2D eigenvalue weighted by Crippen LogP contribution is -2.38. The summed E-state index contributed by atoms with van der Waals surface area (Å²) in [7, 11) is 0. The first-order valence-electron chi connectivity index (χ1n) is 4.62. The van der Waals surface area contributed by atoms with Crippen molar-refractivity contribution in [2.45, 2.75) is 26.2 Å². The Morgan fingerprint density at radius 3 is 2.54 bits per heavy atom. The molecule has 0 aromatic carbocycles. The molecule has 1 aliphatic rings. The number of carbonyl (C=O) groups is 2. The lowest BCUT2D eigenvalue weighted by atomic mass is 9.94. The van der Waals surface area contributed by atoms with Gasteiger partial charge in [-0.25, -0.2) is 0 Å². The number of amides is 2. The van der Waals surface area contributed by atoms with Crippen LogP contribution in [0.3, 0.4) is 0 Å². The summed E-state index contributed by atoms with van der Waals surface area (Å²) in [6.07, 6.45) is 2.03. The highest BCUT2D eigenvalue weighted by molar-refractivity contribution is 7.99. The first-order chi connectivity index (χ1) is 6.22. The van der Waals surface area contributed by atoms with Crippen LogP contribution in [-0.2, 0) is 9.59 Å². The van der Waals surface area contributed by atoms with Gasteiger partial charge in [-0.1, -0.05) is 6.92 Å². The molecule has 2 amide bonds. The highest BCUT2D eigenvalue weighted by Crippen LogP contribution is 2.19. The molecule has 0 aliphatic carbocycles. The highest BCUT2D eigenvalue weighted by atomic mass is 32.2. The van der Waals surface area contributed by atoms with Crippen LogP contribution in [0, 0.1) is 5.92 Å². The standard InChI is InChI=1S/C9H15NO2S/c1-2-13-4-3-7-5-8(11)10-9(12)6-7/h7H,2-6H2,1H3,(H,10,11,12). The molecule has 0 aromatic heterocycles. The Bertz CT molecular complexity index is 190. The van der Waals surface area contributed by atoms with Crippen molar-refractivity contribution in [1.82, 2.24) is 5.32 Å². The molecule has 0 aromatic rings. The number of rotatable bonds is 4. The van der Waals surface area contributed by atoms with Gasteiger partial charge in [0.05, 0.1) is 0 Å². The molecule has 1 aliphatic heterocycles. The second-order valence-corrected chi connectivity index (χ2v) is 4.63. The summed E-state index contributed by atoms with van der Waals surface area (Å²) >= 11 is 1.86. The monoisotopic (exact) mass is 201 g/mol. The summed E-state index contributed by atoms with van der Waals surface area (Å²) in [5.74, 6) is 2.22. The average Bonchev–Trinajstić information content (AvgIpc) is 2.03. The Kier molecular flexibility index (Phi) is 4.28. The molecule has 1 N–H and O–H groups in total. The van der Waals surface area contributed by atoms with Crippen molar-refractivity contribution in [3.63, 3.8) is 0 Å². The quantitative estimate of drug-likeness (QED) is 0.549. The average molecular weight is 201 g/mol. The Labute approximate surface area is 82.6 Å². The van der Waals surface area contributed by atoms with Gasteiger partial charge < -0.3 is 0 Å². The molecule has 1 fully saturated rings. The van der Waals surface area contributed by atoms with E-state index in [9.17, 15) is 9.59 Å². The third kappa shape index (κ3) is 3.81. The smallest absolute Gasteiger partial charge is 0.226 e. The van der Waals surface area contributed by atoms with Crippen molar-refractivity contribution in [2.75, 3.05) is 11.5 Å². The zero-order valence-corrected chi connectivity index (χ0v) is 8.65. The van der Waals surface area contributed by atoms with Crippen molar-refractivity contribution in [3.05, 3.63) is 0 Å². The molecule has 0 saturated carbocycles. The highest BCUT2D eigenvalue weighted by Gasteiger charge is 2.23. The number of hydrogen-bond donors (Lipinski definition) is 1. The van der Waals surface area contributed by atoms with E-state index in [4.69, 9.17) is 0 Å². The van der Waals surface area contributed by atoms with Crippen molar-refractivity contribution >= 4 is 23.6 Å². The van der Waals surface area contributed by atoms with Crippen LogP contribution in [0.1, 0.15) is 26.2 Å². The molecule has 0 atom stereocenters. The zero-order valence-electron chi connectivity index (χ0n) is 7.84. The normalized spacial score (nSPS) is 18.8. The Morgan fingerprint density at radius 2 is 2.00 bits per heavy atom. The van der Waals surface area contributed by atoms with Gasteiger partial charge in [0.2, 0.25) is 11.8 Å². The number of piperidine rings is 1. The van der Waals surface area contributed by atoms with Gasteiger partial charge in [0.25, 0.3) is 0 Å². The third-order valence-corrected chi connectivity index (χ3v) is 3.03. The minimum atomic E-state index is -0.109. The van der Waals surface area contributed by atoms with Gasteiger partial charge in [-0.15, -0.1) is 0 Å². The SMILES string of the molecule is CCSCCC1CC(=O)NC(=O)C1. The predicted molar refractivity (Wildman–Crippen MR) is 53.5 cm³/mol. The second-order valence-electron chi connectivity index (χ2n) is 3.23. The van der Waals surface area contributed by atoms with E-state index in [-0.39, 0.29) is 17.7 Å². The molecule has 0 bridgehead atoms. The Hall–Kier alpha value is -0.510. The van der Waals surface area contributed by atoms with E-state index in [1.807, 2.05) is 11.8 Å². The summed E-state index contributed by atoms with van der Waals surface area (Å²) in [5, 5.41) is 2.31. The molecule has 0 unspecified atom stereocenters. The van der Waals surface area contributed by atoms with E-state index in [0.717, 1.165) is 17.9 Å². The van der Waals surface area contributed by atoms with Gasteiger partial charge >= 0.3 is 0 Å². The molecule has 0 radical (unpaired) electrons. The van der Waals surface area contributed by atoms with Gasteiger partial charge in [0.1, 0.15) is 0 Å². The van der Waals surface area contributed by atoms with Crippen molar-refractivity contribution < 1.29 is 9.59 Å². The van der Waals surface area contributed by atoms with Crippen LogP contribution >= 0.6 is 11.8 Å². The molecule has 0 spiro atoms. The number of carbonyl (C=O) groups excluding carboxylic acids is 2. The van der Waals surface area contributed by atoms with Crippen LogP contribution in [0.5, 0.6) is 0 Å². The van der Waals surface area contributed by atoms with E-state index in [2.05, 4.69) is 12.2 Å². The fourth-order valence-corrected chi connectivity index (χ4v) is 2.24. The summed E-state index contributed by atoms with van der Waals surface area (Å²) in [5.41, 5.74) is 0. The second kappa shape index (κ2) is 5.27. The maximum Gasteiger partial charge on any atom is 0.226 e. The minimum Gasteiger partial charge on any atom is -0.296 e. The molecule has 74 valence electrons. The van der Waals surface area contributed by atoms with Crippen LogP contribution < -0.4 is 5.32 Å². The van der Waals surface area contributed by atoms with Crippen LogP contribution in [0.15, 0.2) is 0 Å². The maximum atomic E-state index is 11.0. The summed E-state index contributed by atoms with van der Waals surface area (Å²) < 4.78 is 0. The van der Waals surface area contributed by atoms with Crippen molar-refractivity contribution in [1.29, 1.82) is 0 Å². The van der Waals surface area contributed by atoms with Crippen molar-refractivity contribution in [2.24, 2.45) is 5.92 Å². The molecular weight excluding hydrogens is 186 g/mol. The van der Waals surface area contributed by atoms with Crippen LogP contribution in [0.2, 0.25) is 0 Å². The lowest BCUT2D eigenvalue weighted by Gasteiger charge is -2.20. The summed E-state index contributed by atoms with van der Waals surface area (Å²) in [4.78, 5) is 22.0. The van der Waals surface area contributed by atoms with E-state index < -0.39 is 0 Å². The molecule has 4 heteroatoms. The molecular formula is C9H15NO2S. The van der Waals surface area contributed by atoms with Crippen LogP contribution in [-0.4, -0.2) is 23.3 Å². The fraction of sp³-hybridized carbons (Fsp3) is 0.778. The lowest BCUT2D eigenvalue weighted by molar-refractivity contribution is -0.134. The molecule has 13 heavy (non-hydrogen) atoms. The third-order valence-electron chi connectivity index (χ3n) is 2.10. The minimum absolute atomic E-state index is 0.109. The number of hydrogen-bond acceptors (Lipinski definition) is 3. The molecule has 3 nitrogen and oxygen atoms in total. The van der Waals surface area contributed by atoms with Gasteiger partial charge in [0.15, 0.2) is 0 Å². The Balaban J connectivity index is 2.25. The number of nitrogens with one attached hydrogen (secondary N) is 1. The topological polar surface area (TPSA) is 46.2 Å². The predicted octanol–water partition coefficient (Wildman–Crippen LogP) is 1.18. The van der Waals surface area contributed by atoms with Gasteiger partial charge in [-0.05, 0) is 23.8 Å². The number of imide groups is 1. The van der Waals surface area contributed by atoms with Crippen molar-refractivity contribution in [3.8, 4) is 0 Å². The maximum absolute atomic E-state index is 11.0. The Morgan fingerprint density at radius 1 is 1.38 bits per heavy atom. The van der Waals surface area contributed by atoms with Gasteiger partial charge in [-0.3, -0.25) is 14.9 Å². The molecule has 1 rings (SSSR count). The summed E-state index contributed by atoms with van der Waals surface area (Å²) in [6.45, 7) is 2.11. The summed E-state index contributed by atoms with van der Waals surface area (Å²) in [6, 6.07) is 0. The largest absolute Gasteiger partial charge is 0.296 e. The van der Waals surface area contributed by atoms with E-state index in [0.29, 0.717) is 12.8 Å². The molecule has 1 saturated heterocycles. The van der Waals surface area contributed by atoms with Gasteiger partial charge in [0, 0.05) is 12.8 Å². The fourth-order valence-electron chi connectivity index (χ4n) is 1.45. The van der Waals surface area contributed by atoms with E-state index in [1.54, 1.807) is 0 Å². The first-order valence-corrected chi connectivity index (χ1v) is 5.78. The van der Waals surface area contributed by atoms with E-state index >= 15 is 0 Å². The van der Waals surface area contributed by atoms with Crippen LogP contribution in [0.4, 0.5) is 0 Å². The first kappa shape index (κ1) is 10.6. The number of thioether (sulfide) groups is 1.